The molecule has 0 fully saturated rings. The zero-order valence-electron chi connectivity index (χ0n) is 11.6. The first kappa shape index (κ1) is 15.3. The molecule has 19 heavy (non-hydrogen) atoms. The first-order valence-electron chi connectivity index (χ1n) is 6.69. The van der Waals surface area contributed by atoms with Gasteiger partial charge in [0.2, 0.25) is 0 Å². The van der Waals surface area contributed by atoms with Crippen molar-refractivity contribution in [2.24, 2.45) is 0 Å². The molecule has 0 atom stereocenters. The third-order valence-electron chi connectivity index (χ3n) is 2.79. The van der Waals surface area contributed by atoms with Crippen molar-refractivity contribution in [3.8, 4) is 5.75 Å². The maximum absolute atomic E-state index is 11.0. The summed E-state index contributed by atoms with van der Waals surface area (Å²) >= 11 is 0. The zero-order valence-corrected chi connectivity index (χ0v) is 11.6. The Balaban J connectivity index is 2.12. The van der Waals surface area contributed by atoms with Crippen molar-refractivity contribution in [3.63, 3.8) is 0 Å². The molecule has 4 heteroatoms. The summed E-state index contributed by atoms with van der Waals surface area (Å²) in [6, 6.07) is 3.43. The minimum Gasteiger partial charge on any atom is -0.492 e. The summed E-state index contributed by atoms with van der Waals surface area (Å²) in [7, 11) is 0. The minimum absolute atomic E-state index is 0.0444. The smallest absolute Gasteiger partial charge is 0.178 e. The maximum atomic E-state index is 11.0. The van der Waals surface area contributed by atoms with Crippen LogP contribution in [0.4, 0.5) is 0 Å². The third kappa shape index (κ3) is 6.70. The summed E-state index contributed by atoms with van der Waals surface area (Å²) in [5.74, 6) is 0.902. The van der Waals surface area contributed by atoms with E-state index in [9.17, 15) is 9.59 Å². The number of aromatic nitrogens is 1. The van der Waals surface area contributed by atoms with Crippen molar-refractivity contribution in [3.05, 3.63) is 24.0 Å². The van der Waals surface area contributed by atoms with Crippen LogP contribution in [-0.4, -0.2) is 23.2 Å². The zero-order chi connectivity index (χ0) is 14.1. The lowest BCUT2D eigenvalue weighted by Gasteiger charge is -2.05. The Morgan fingerprint density at radius 1 is 1.11 bits per heavy atom. The summed E-state index contributed by atoms with van der Waals surface area (Å²) in [6.45, 7) is 3.76. The molecule has 1 aromatic heterocycles. The Hall–Kier alpha value is -1.71. The number of carbonyl (C=O) groups excluding carboxylic acids is 2. The van der Waals surface area contributed by atoms with Gasteiger partial charge in [0, 0.05) is 13.3 Å². The molecule has 0 aliphatic carbocycles. The van der Waals surface area contributed by atoms with Gasteiger partial charge in [-0.3, -0.25) is 4.79 Å². The highest BCUT2D eigenvalue weighted by atomic mass is 16.5. The molecule has 1 aromatic rings. The van der Waals surface area contributed by atoms with Crippen molar-refractivity contribution in [1.29, 1.82) is 0 Å². The summed E-state index contributed by atoms with van der Waals surface area (Å²) in [5.41, 5.74) is 0.455. The molecule has 1 rings (SSSR count). The van der Waals surface area contributed by atoms with Crippen molar-refractivity contribution in [2.45, 2.75) is 46.0 Å². The van der Waals surface area contributed by atoms with Crippen LogP contribution in [0.25, 0.3) is 0 Å². The number of hydrogen-bond donors (Lipinski definition) is 0. The Labute approximate surface area is 114 Å². The van der Waals surface area contributed by atoms with Gasteiger partial charge in [0.05, 0.1) is 12.8 Å². The van der Waals surface area contributed by atoms with E-state index in [1.54, 1.807) is 25.3 Å². The van der Waals surface area contributed by atoms with Crippen LogP contribution >= 0.6 is 0 Å². The van der Waals surface area contributed by atoms with E-state index in [0.717, 1.165) is 25.7 Å². The Morgan fingerprint density at radius 3 is 2.42 bits per heavy atom. The number of unbranched alkanes of at least 4 members (excludes halogenated alkanes) is 3. The van der Waals surface area contributed by atoms with E-state index in [2.05, 4.69) is 4.98 Å². The van der Waals surface area contributed by atoms with Crippen molar-refractivity contribution >= 4 is 11.6 Å². The maximum Gasteiger partial charge on any atom is 0.178 e. The summed E-state index contributed by atoms with van der Waals surface area (Å²) in [4.78, 5) is 25.8. The van der Waals surface area contributed by atoms with Crippen molar-refractivity contribution in [1.82, 2.24) is 4.98 Å². The Morgan fingerprint density at radius 2 is 1.84 bits per heavy atom. The lowest BCUT2D eigenvalue weighted by atomic mass is 10.1. The molecule has 104 valence electrons. The quantitative estimate of drug-likeness (QED) is 0.507. The average Bonchev–Trinajstić information content (AvgIpc) is 2.38. The van der Waals surface area contributed by atoms with Gasteiger partial charge < -0.3 is 9.53 Å². The fraction of sp³-hybridized carbons (Fsp3) is 0.533. The van der Waals surface area contributed by atoms with Gasteiger partial charge in [-0.15, -0.1) is 0 Å². The minimum atomic E-state index is -0.0444. The standard InChI is InChI=1S/C15H21NO3/c1-12(17)7-5-3-4-6-10-19-14-8-9-15(13(2)18)16-11-14/h8-9,11H,3-7,10H2,1-2H3. The summed E-state index contributed by atoms with van der Waals surface area (Å²) in [6.07, 6.45) is 6.30. The third-order valence-corrected chi connectivity index (χ3v) is 2.79. The molecule has 0 aliphatic rings. The van der Waals surface area contributed by atoms with Gasteiger partial charge in [-0.25, -0.2) is 4.98 Å². The van der Waals surface area contributed by atoms with Crippen LogP contribution in [-0.2, 0) is 4.79 Å². The van der Waals surface area contributed by atoms with Gasteiger partial charge in [0.15, 0.2) is 5.78 Å². The first-order chi connectivity index (χ1) is 9.09. The fourth-order valence-electron chi connectivity index (χ4n) is 1.69. The van der Waals surface area contributed by atoms with Crippen LogP contribution in [0.3, 0.4) is 0 Å². The van der Waals surface area contributed by atoms with E-state index < -0.39 is 0 Å². The first-order valence-corrected chi connectivity index (χ1v) is 6.69. The highest BCUT2D eigenvalue weighted by molar-refractivity contribution is 5.92. The molecule has 0 saturated carbocycles. The number of rotatable bonds is 9. The van der Waals surface area contributed by atoms with E-state index in [1.807, 2.05) is 0 Å². The molecule has 0 amide bonds. The molecule has 0 unspecified atom stereocenters. The summed E-state index contributed by atoms with van der Waals surface area (Å²) < 4.78 is 5.53. The molecule has 0 radical (unpaired) electrons. The Bertz CT molecular complexity index is 412. The highest BCUT2D eigenvalue weighted by Crippen LogP contribution is 2.11. The van der Waals surface area contributed by atoms with Gasteiger partial charge in [0.1, 0.15) is 17.2 Å². The molecular formula is C15H21NO3. The second-order valence-corrected chi connectivity index (χ2v) is 4.65. The van der Waals surface area contributed by atoms with Crippen molar-refractivity contribution in [2.75, 3.05) is 6.61 Å². The number of ketones is 2. The van der Waals surface area contributed by atoms with Crippen LogP contribution in [0.1, 0.15) is 56.4 Å². The van der Waals surface area contributed by atoms with Gasteiger partial charge in [-0.1, -0.05) is 12.8 Å². The summed E-state index contributed by atoms with van der Waals surface area (Å²) in [5, 5.41) is 0. The average molecular weight is 263 g/mol. The number of nitrogens with zero attached hydrogens (tertiary/aromatic N) is 1. The van der Waals surface area contributed by atoms with E-state index in [0.29, 0.717) is 24.5 Å². The molecular weight excluding hydrogens is 242 g/mol. The van der Waals surface area contributed by atoms with Gasteiger partial charge in [-0.05, 0) is 31.9 Å². The monoisotopic (exact) mass is 263 g/mol. The largest absolute Gasteiger partial charge is 0.492 e. The van der Waals surface area contributed by atoms with Crippen molar-refractivity contribution < 1.29 is 14.3 Å². The van der Waals surface area contributed by atoms with E-state index in [1.165, 1.54) is 6.92 Å². The second-order valence-electron chi connectivity index (χ2n) is 4.65. The number of pyridine rings is 1. The molecule has 0 N–H and O–H groups in total. The predicted octanol–water partition coefficient (Wildman–Crippen LogP) is 3.20. The number of ether oxygens (including phenoxy) is 1. The topological polar surface area (TPSA) is 56.3 Å². The number of carbonyl (C=O) groups is 2. The van der Waals surface area contributed by atoms with Gasteiger partial charge in [-0.2, -0.15) is 0 Å². The van der Waals surface area contributed by atoms with E-state index in [4.69, 9.17) is 4.74 Å². The van der Waals surface area contributed by atoms with Crippen LogP contribution in [0.2, 0.25) is 0 Å². The normalized spacial score (nSPS) is 10.2. The number of Topliss-reactive ketones (excluding diaryl/α,β-unsaturated/α-hetero) is 2. The molecule has 0 saturated heterocycles. The highest BCUT2D eigenvalue weighted by Gasteiger charge is 2.01. The lowest BCUT2D eigenvalue weighted by Crippen LogP contribution is -2.00. The van der Waals surface area contributed by atoms with Crippen LogP contribution in [0.15, 0.2) is 18.3 Å². The van der Waals surface area contributed by atoms with E-state index in [-0.39, 0.29) is 11.6 Å². The predicted molar refractivity (Wildman–Crippen MR) is 73.5 cm³/mol. The van der Waals surface area contributed by atoms with Crippen LogP contribution in [0.5, 0.6) is 5.75 Å². The Kier molecular flexibility index (Phi) is 6.79. The SMILES string of the molecule is CC(=O)CCCCCCOc1ccc(C(C)=O)nc1. The molecule has 0 aromatic carbocycles. The lowest BCUT2D eigenvalue weighted by molar-refractivity contribution is -0.117. The second kappa shape index (κ2) is 8.40. The van der Waals surface area contributed by atoms with Crippen LogP contribution < -0.4 is 4.74 Å². The molecule has 0 spiro atoms. The molecule has 4 nitrogen and oxygen atoms in total. The molecule has 1 heterocycles. The fourth-order valence-corrected chi connectivity index (χ4v) is 1.69. The molecule has 0 bridgehead atoms. The molecule has 0 aliphatic heterocycles. The van der Waals surface area contributed by atoms with Gasteiger partial charge >= 0.3 is 0 Å². The van der Waals surface area contributed by atoms with Crippen LogP contribution in [0, 0.1) is 0 Å². The number of hydrogen-bond acceptors (Lipinski definition) is 4. The van der Waals surface area contributed by atoms with E-state index >= 15 is 0 Å². The van der Waals surface area contributed by atoms with Gasteiger partial charge in [0.25, 0.3) is 0 Å².